The van der Waals surface area contributed by atoms with Gasteiger partial charge in [0.15, 0.2) is 0 Å². The second kappa shape index (κ2) is 4.21. The lowest BCUT2D eigenvalue weighted by Crippen LogP contribution is -2.28. The molecule has 0 spiro atoms. The molecule has 1 amide bonds. The molecule has 3 heteroatoms. The lowest BCUT2D eigenvalue weighted by molar-refractivity contribution is -0.116. The van der Waals surface area contributed by atoms with Crippen LogP contribution in [0.5, 0.6) is 0 Å². The number of carbonyl (C=O) groups is 1. The third kappa shape index (κ3) is 1.88. The molecular formula is C13H16BrNO. The van der Waals surface area contributed by atoms with Crippen molar-refractivity contribution in [3.63, 3.8) is 0 Å². The fourth-order valence-corrected chi connectivity index (χ4v) is 2.92. The SMILES string of the molecule is Cc1cc(C)c(N2CCC(Br)C2=O)c(C)c1. The highest BCUT2D eigenvalue weighted by Gasteiger charge is 2.31. The number of alkyl halides is 1. The Bertz CT molecular complexity index is 419. The van der Waals surface area contributed by atoms with Crippen molar-refractivity contribution in [2.24, 2.45) is 0 Å². The quantitative estimate of drug-likeness (QED) is 0.725. The van der Waals surface area contributed by atoms with Gasteiger partial charge in [0.25, 0.3) is 0 Å². The molecule has 1 aromatic carbocycles. The topological polar surface area (TPSA) is 20.3 Å². The number of rotatable bonds is 1. The van der Waals surface area contributed by atoms with E-state index in [0.29, 0.717) is 0 Å². The Balaban J connectivity index is 2.45. The summed E-state index contributed by atoms with van der Waals surface area (Å²) in [5.74, 6) is 0.190. The summed E-state index contributed by atoms with van der Waals surface area (Å²) < 4.78 is 0. The van der Waals surface area contributed by atoms with E-state index in [9.17, 15) is 4.79 Å². The van der Waals surface area contributed by atoms with Crippen LogP contribution < -0.4 is 4.90 Å². The summed E-state index contributed by atoms with van der Waals surface area (Å²) in [4.78, 5) is 13.9. The van der Waals surface area contributed by atoms with E-state index in [1.165, 1.54) is 16.7 Å². The number of halogens is 1. The van der Waals surface area contributed by atoms with E-state index >= 15 is 0 Å². The lowest BCUT2D eigenvalue weighted by atomic mass is 10.0. The van der Waals surface area contributed by atoms with Crippen LogP contribution in [0.2, 0.25) is 0 Å². The van der Waals surface area contributed by atoms with Crippen LogP contribution in [0.4, 0.5) is 5.69 Å². The summed E-state index contributed by atoms with van der Waals surface area (Å²) in [7, 11) is 0. The average Bonchev–Trinajstić information content (AvgIpc) is 2.48. The van der Waals surface area contributed by atoms with Gasteiger partial charge in [-0.1, -0.05) is 33.6 Å². The highest BCUT2D eigenvalue weighted by molar-refractivity contribution is 9.10. The molecule has 2 nitrogen and oxygen atoms in total. The summed E-state index contributed by atoms with van der Waals surface area (Å²) in [6.45, 7) is 7.05. The van der Waals surface area contributed by atoms with Gasteiger partial charge in [-0.2, -0.15) is 0 Å². The van der Waals surface area contributed by atoms with Crippen molar-refractivity contribution in [1.82, 2.24) is 0 Å². The van der Waals surface area contributed by atoms with E-state index in [-0.39, 0.29) is 10.7 Å². The summed E-state index contributed by atoms with van der Waals surface area (Å²) in [6, 6.07) is 4.27. The van der Waals surface area contributed by atoms with Gasteiger partial charge in [-0.15, -0.1) is 0 Å². The second-order valence-electron chi connectivity index (χ2n) is 4.49. The molecule has 1 atom stereocenters. The van der Waals surface area contributed by atoms with Crippen LogP contribution >= 0.6 is 15.9 Å². The molecule has 1 unspecified atom stereocenters. The number of anilines is 1. The van der Waals surface area contributed by atoms with Gasteiger partial charge >= 0.3 is 0 Å². The standard InChI is InChI=1S/C13H16BrNO/c1-8-6-9(2)12(10(3)7-8)15-5-4-11(14)13(15)16/h6-7,11H,4-5H2,1-3H3. The molecule has 1 aliphatic rings. The third-order valence-corrected chi connectivity index (χ3v) is 3.89. The Morgan fingerprint density at radius 1 is 1.25 bits per heavy atom. The first-order valence-electron chi connectivity index (χ1n) is 5.54. The maximum Gasteiger partial charge on any atom is 0.240 e. The van der Waals surface area contributed by atoms with Gasteiger partial charge < -0.3 is 4.90 Å². The fraction of sp³-hybridized carbons (Fsp3) is 0.462. The molecule has 16 heavy (non-hydrogen) atoms. The third-order valence-electron chi connectivity index (χ3n) is 3.05. The van der Waals surface area contributed by atoms with Crippen LogP contribution in [-0.2, 0) is 4.79 Å². The van der Waals surface area contributed by atoms with Crippen LogP contribution in [0, 0.1) is 20.8 Å². The Morgan fingerprint density at radius 2 is 1.81 bits per heavy atom. The first kappa shape index (κ1) is 11.6. The Morgan fingerprint density at radius 3 is 2.25 bits per heavy atom. The monoisotopic (exact) mass is 281 g/mol. The summed E-state index contributed by atoms with van der Waals surface area (Å²) >= 11 is 3.41. The van der Waals surface area contributed by atoms with Gasteiger partial charge in [-0.05, 0) is 38.3 Å². The highest BCUT2D eigenvalue weighted by atomic mass is 79.9. The molecule has 1 saturated heterocycles. The van der Waals surface area contributed by atoms with E-state index in [1.54, 1.807) is 0 Å². The number of carbonyl (C=O) groups excluding carboxylic acids is 1. The Kier molecular flexibility index (Phi) is 3.06. The predicted molar refractivity (Wildman–Crippen MR) is 70.3 cm³/mol. The van der Waals surface area contributed by atoms with Gasteiger partial charge in [0, 0.05) is 12.2 Å². The summed E-state index contributed by atoms with van der Waals surface area (Å²) in [5, 5.41) is 0. The summed E-state index contributed by atoms with van der Waals surface area (Å²) in [5.41, 5.74) is 4.72. The van der Waals surface area contributed by atoms with Crippen LogP contribution in [0.3, 0.4) is 0 Å². The molecule has 0 saturated carbocycles. The van der Waals surface area contributed by atoms with Gasteiger partial charge in [-0.25, -0.2) is 0 Å². The minimum Gasteiger partial charge on any atom is -0.311 e. The number of nitrogens with zero attached hydrogens (tertiary/aromatic N) is 1. The van der Waals surface area contributed by atoms with Crippen LogP contribution in [0.15, 0.2) is 12.1 Å². The molecular weight excluding hydrogens is 266 g/mol. The lowest BCUT2D eigenvalue weighted by Gasteiger charge is -2.21. The Labute approximate surface area is 105 Å². The molecule has 0 aliphatic carbocycles. The number of benzene rings is 1. The van der Waals surface area contributed by atoms with Crippen molar-refractivity contribution in [3.05, 3.63) is 28.8 Å². The minimum absolute atomic E-state index is 0.00685. The first-order chi connectivity index (χ1) is 7.50. The minimum atomic E-state index is -0.00685. The predicted octanol–water partition coefficient (Wildman–Crippen LogP) is 3.11. The van der Waals surface area contributed by atoms with Crippen molar-refractivity contribution in [2.75, 3.05) is 11.4 Å². The molecule has 0 aromatic heterocycles. The first-order valence-corrected chi connectivity index (χ1v) is 6.45. The normalized spacial score (nSPS) is 20.6. The van der Waals surface area contributed by atoms with E-state index in [1.807, 2.05) is 4.90 Å². The van der Waals surface area contributed by atoms with Gasteiger partial charge in [-0.3, -0.25) is 4.79 Å². The molecule has 0 bridgehead atoms. The van der Waals surface area contributed by atoms with E-state index in [0.717, 1.165) is 18.7 Å². The van der Waals surface area contributed by atoms with Gasteiger partial charge in [0.05, 0.1) is 4.83 Å². The zero-order valence-corrected chi connectivity index (χ0v) is 11.5. The smallest absolute Gasteiger partial charge is 0.240 e. The molecule has 1 heterocycles. The number of hydrogen-bond donors (Lipinski definition) is 0. The van der Waals surface area contributed by atoms with E-state index < -0.39 is 0 Å². The number of aryl methyl sites for hydroxylation is 3. The fourth-order valence-electron chi connectivity index (χ4n) is 2.47. The molecule has 1 aliphatic heterocycles. The molecule has 0 N–H and O–H groups in total. The van der Waals surface area contributed by atoms with Crippen LogP contribution in [0.25, 0.3) is 0 Å². The molecule has 1 fully saturated rings. The molecule has 0 radical (unpaired) electrons. The van der Waals surface area contributed by atoms with Crippen LogP contribution in [0.1, 0.15) is 23.1 Å². The zero-order valence-electron chi connectivity index (χ0n) is 9.88. The second-order valence-corrected chi connectivity index (χ2v) is 5.60. The van der Waals surface area contributed by atoms with E-state index in [2.05, 4.69) is 48.8 Å². The highest BCUT2D eigenvalue weighted by Crippen LogP contribution is 2.31. The van der Waals surface area contributed by atoms with Crippen molar-refractivity contribution >= 4 is 27.5 Å². The maximum absolute atomic E-state index is 12.0. The van der Waals surface area contributed by atoms with Crippen molar-refractivity contribution in [1.29, 1.82) is 0 Å². The molecule has 2 rings (SSSR count). The number of amides is 1. The summed E-state index contributed by atoms with van der Waals surface area (Å²) in [6.07, 6.45) is 0.894. The van der Waals surface area contributed by atoms with E-state index in [4.69, 9.17) is 0 Å². The van der Waals surface area contributed by atoms with Crippen molar-refractivity contribution < 1.29 is 4.79 Å². The molecule has 86 valence electrons. The zero-order chi connectivity index (χ0) is 11.9. The molecule has 1 aromatic rings. The van der Waals surface area contributed by atoms with Gasteiger partial charge in [0.1, 0.15) is 0 Å². The largest absolute Gasteiger partial charge is 0.311 e. The Hall–Kier alpha value is -0.830. The number of hydrogen-bond acceptors (Lipinski definition) is 1. The van der Waals surface area contributed by atoms with Crippen LogP contribution in [-0.4, -0.2) is 17.3 Å². The van der Waals surface area contributed by atoms with Crippen molar-refractivity contribution in [2.45, 2.75) is 32.0 Å². The van der Waals surface area contributed by atoms with Gasteiger partial charge in [0.2, 0.25) is 5.91 Å². The average molecular weight is 282 g/mol. The van der Waals surface area contributed by atoms with Crippen molar-refractivity contribution in [3.8, 4) is 0 Å². The maximum atomic E-state index is 12.0.